The Labute approximate surface area is 181 Å². The van der Waals surface area contributed by atoms with Gasteiger partial charge in [0.05, 0.1) is 11.1 Å². The van der Waals surface area contributed by atoms with Crippen LogP contribution in [0.5, 0.6) is 5.75 Å². The minimum atomic E-state index is -0.715. The van der Waals surface area contributed by atoms with Crippen molar-refractivity contribution in [2.75, 3.05) is 19.0 Å². The van der Waals surface area contributed by atoms with Crippen molar-refractivity contribution in [3.8, 4) is 5.75 Å². The van der Waals surface area contributed by atoms with Gasteiger partial charge in [0, 0.05) is 37.7 Å². The lowest BCUT2D eigenvalue weighted by Crippen LogP contribution is -2.41. The summed E-state index contributed by atoms with van der Waals surface area (Å²) in [7, 11) is 3.84. The van der Waals surface area contributed by atoms with Crippen molar-refractivity contribution in [1.29, 1.82) is 0 Å². The van der Waals surface area contributed by atoms with E-state index in [1.807, 2.05) is 38.9 Å². The third-order valence-electron chi connectivity index (χ3n) is 7.15. The van der Waals surface area contributed by atoms with Crippen LogP contribution in [0, 0.1) is 17.8 Å². The Kier molecular flexibility index (Phi) is 5.03. The van der Waals surface area contributed by atoms with Gasteiger partial charge in [0.2, 0.25) is 5.91 Å². The molecule has 0 radical (unpaired) electrons. The topological polar surface area (TPSA) is 124 Å². The SMILES string of the molecule is CC(C)c1cc(N(C)C)c2c(c1O)C(O)=C1C(=O)C3CC(C(N)=O)=C(O)CC3CC1C2. The minimum Gasteiger partial charge on any atom is -0.512 e. The van der Waals surface area contributed by atoms with E-state index < -0.39 is 11.8 Å². The number of anilines is 1. The smallest absolute Gasteiger partial charge is 0.248 e. The number of aliphatic hydroxyl groups excluding tert-OH is 2. The summed E-state index contributed by atoms with van der Waals surface area (Å²) in [6.45, 7) is 3.94. The molecular formula is C24H30N2O5. The maximum atomic E-state index is 13.5. The van der Waals surface area contributed by atoms with Crippen LogP contribution in [0.4, 0.5) is 5.69 Å². The lowest BCUT2D eigenvalue weighted by molar-refractivity contribution is -0.124. The lowest BCUT2D eigenvalue weighted by atomic mass is 9.61. The van der Waals surface area contributed by atoms with Crippen molar-refractivity contribution in [2.24, 2.45) is 23.5 Å². The number of nitrogens with two attached hydrogens (primary N) is 1. The summed E-state index contributed by atoms with van der Waals surface area (Å²) in [5, 5.41) is 32.6. The Morgan fingerprint density at radius 2 is 1.84 bits per heavy atom. The van der Waals surface area contributed by atoms with Gasteiger partial charge in [-0.1, -0.05) is 13.8 Å². The van der Waals surface area contributed by atoms with Crippen LogP contribution in [0.3, 0.4) is 0 Å². The Morgan fingerprint density at radius 3 is 2.42 bits per heavy atom. The maximum absolute atomic E-state index is 13.5. The van der Waals surface area contributed by atoms with Gasteiger partial charge in [-0.3, -0.25) is 9.59 Å². The van der Waals surface area contributed by atoms with Crippen molar-refractivity contribution in [3.63, 3.8) is 0 Å². The molecule has 0 saturated heterocycles. The number of allylic oxidation sites excluding steroid dienone is 2. The van der Waals surface area contributed by atoms with Crippen LogP contribution in [0.1, 0.15) is 55.7 Å². The molecule has 3 aliphatic rings. The van der Waals surface area contributed by atoms with Gasteiger partial charge in [-0.2, -0.15) is 0 Å². The number of phenolic OH excluding ortho intramolecular Hbond substituents is 1. The largest absolute Gasteiger partial charge is 0.512 e. The van der Waals surface area contributed by atoms with E-state index in [9.17, 15) is 24.9 Å². The standard InChI is InChI=1S/C24H30N2O5/c1-10(2)13-9-17(26(3)4)15-6-12-5-11-7-18(27)16(24(25)31)8-14(11)22(29)19(12)23(30)20(15)21(13)28/h9-12,14,27-28,30H,5-8H2,1-4H3,(H2,25,31). The van der Waals surface area contributed by atoms with Crippen molar-refractivity contribution in [3.05, 3.63) is 39.7 Å². The normalized spacial score (nSPS) is 25.3. The highest BCUT2D eigenvalue weighted by molar-refractivity contribution is 6.07. The molecule has 4 rings (SSSR count). The zero-order valence-electron chi connectivity index (χ0n) is 18.4. The molecule has 0 aliphatic heterocycles. The molecule has 7 nitrogen and oxygen atoms in total. The third-order valence-corrected chi connectivity index (χ3v) is 7.15. The van der Waals surface area contributed by atoms with E-state index in [4.69, 9.17) is 5.73 Å². The number of ketones is 1. The fraction of sp³-hybridized carbons (Fsp3) is 0.500. The first-order chi connectivity index (χ1) is 14.5. The number of nitrogens with zero attached hydrogens (tertiary/aromatic N) is 1. The predicted molar refractivity (Wildman–Crippen MR) is 118 cm³/mol. The molecule has 31 heavy (non-hydrogen) atoms. The van der Waals surface area contributed by atoms with Crippen LogP contribution >= 0.6 is 0 Å². The van der Waals surface area contributed by atoms with Gasteiger partial charge in [-0.25, -0.2) is 0 Å². The molecular weight excluding hydrogens is 396 g/mol. The van der Waals surface area contributed by atoms with E-state index >= 15 is 0 Å². The Bertz CT molecular complexity index is 1050. The van der Waals surface area contributed by atoms with Gasteiger partial charge in [0.1, 0.15) is 17.3 Å². The molecule has 5 N–H and O–H groups in total. The Balaban J connectivity index is 1.87. The van der Waals surface area contributed by atoms with Gasteiger partial charge in [0.15, 0.2) is 5.78 Å². The molecule has 0 aromatic heterocycles. The number of aliphatic hydroxyl groups is 2. The van der Waals surface area contributed by atoms with E-state index in [0.717, 1.165) is 16.8 Å². The second-order valence-electron chi connectivity index (χ2n) is 9.56. The summed E-state index contributed by atoms with van der Waals surface area (Å²) >= 11 is 0. The zero-order chi connectivity index (χ0) is 22.8. The van der Waals surface area contributed by atoms with Crippen LogP contribution in [0.25, 0.3) is 5.76 Å². The van der Waals surface area contributed by atoms with Gasteiger partial charge < -0.3 is 26.0 Å². The molecule has 7 heteroatoms. The molecule has 0 heterocycles. The molecule has 0 bridgehead atoms. The molecule has 3 unspecified atom stereocenters. The molecule has 1 fully saturated rings. The number of amides is 1. The molecule has 1 amide bonds. The van der Waals surface area contributed by atoms with E-state index in [1.54, 1.807) is 0 Å². The number of benzene rings is 1. The number of hydrogen-bond acceptors (Lipinski definition) is 6. The summed E-state index contributed by atoms with van der Waals surface area (Å²) in [4.78, 5) is 27.1. The second-order valence-corrected chi connectivity index (χ2v) is 9.56. The molecule has 1 aromatic carbocycles. The van der Waals surface area contributed by atoms with Crippen molar-refractivity contribution in [2.45, 2.75) is 45.4 Å². The van der Waals surface area contributed by atoms with Crippen molar-refractivity contribution >= 4 is 23.1 Å². The summed E-state index contributed by atoms with van der Waals surface area (Å²) in [6, 6.07) is 1.96. The number of carbonyl (C=O) groups excluding carboxylic acids is 2. The average Bonchev–Trinajstić information content (AvgIpc) is 2.66. The van der Waals surface area contributed by atoms with Crippen LogP contribution in [-0.2, 0) is 16.0 Å². The van der Waals surface area contributed by atoms with Crippen molar-refractivity contribution in [1.82, 2.24) is 0 Å². The fourth-order valence-electron chi connectivity index (χ4n) is 5.60. The van der Waals surface area contributed by atoms with Crippen molar-refractivity contribution < 1.29 is 24.9 Å². The molecule has 1 saturated carbocycles. The van der Waals surface area contributed by atoms with Gasteiger partial charge >= 0.3 is 0 Å². The summed E-state index contributed by atoms with van der Waals surface area (Å²) in [5.41, 5.74) is 8.63. The first kappa shape index (κ1) is 21.3. The van der Waals surface area contributed by atoms with Gasteiger partial charge in [-0.15, -0.1) is 0 Å². The molecule has 3 atom stereocenters. The molecule has 166 valence electrons. The van der Waals surface area contributed by atoms with E-state index in [2.05, 4.69) is 0 Å². The number of Topliss-reactive ketones (excluding diaryl/α,β-unsaturated/α-hetero) is 1. The number of rotatable bonds is 3. The lowest BCUT2D eigenvalue weighted by Gasteiger charge is -2.42. The number of primary amides is 1. The predicted octanol–water partition coefficient (Wildman–Crippen LogP) is 3.32. The van der Waals surface area contributed by atoms with Crippen LogP contribution < -0.4 is 10.6 Å². The third kappa shape index (κ3) is 3.18. The quantitative estimate of drug-likeness (QED) is 0.588. The highest BCUT2D eigenvalue weighted by atomic mass is 16.3. The van der Waals surface area contributed by atoms with E-state index in [-0.39, 0.29) is 59.2 Å². The molecule has 1 aromatic rings. The minimum absolute atomic E-state index is 0.0213. The number of carbonyl (C=O) groups is 2. The fourth-order valence-corrected chi connectivity index (χ4v) is 5.60. The summed E-state index contributed by atoms with van der Waals surface area (Å²) < 4.78 is 0. The zero-order valence-corrected chi connectivity index (χ0v) is 18.4. The van der Waals surface area contributed by atoms with Crippen LogP contribution in [0.15, 0.2) is 23.0 Å². The summed E-state index contributed by atoms with van der Waals surface area (Å²) in [5.74, 6) is -1.86. The van der Waals surface area contributed by atoms with Gasteiger partial charge in [-0.05, 0) is 54.2 Å². The molecule has 3 aliphatic carbocycles. The molecule has 0 spiro atoms. The average molecular weight is 427 g/mol. The monoisotopic (exact) mass is 426 g/mol. The number of fused-ring (bicyclic) bond motifs is 3. The van der Waals surface area contributed by atoms with E-state index in [1.165, 1.54) is 0 Å². The number of phenols is 1. The second kappa shape index (κ2) is 7.32. The number of hydrogen-bond donors (Lipinski definition) is 4. The summed E-state index contributed by atoms with van der Waals surface area (Å²) in [6.07, 6.45) is 1.47. The van der Waals surface area contributed by atoms with Crippen LogP contribution in [0.2, 0.25) is 0 Å². The maximum Gasteiger partial charge on any atom is 0.248 e. The number of aromatic hydroxyl groups is 1. The Hall–Kier alpha value is -2.96. The first-order valence-corrected chi connectivity index (χ1v) is 10.8. The highest BCUT2D eigenvalue weighted by Gasteiger charge is 2.48. The van der Waals surface area contributed by atoms with Gasteiger partial charge in [0.25, 0.3) is 0 Å². The first-order valence-electron chi connectivity index (χ1n) is 10.8. The van der Waals surface area contributed by atoms with Crippen LogP contribution in [-0.4, -0.2) is 41.1 Å². The van der Waals surface area contributed by atoms with E-state index in [0.29, 0.717) is 24.0 Å². The Morgan fingerprint density at radius 1 is 1.16 bits per heavy atom. The highest BCUT2D eigenvalue weighted by Crippen LogP contribution is 2.52.